The topological polar surface area (TPSA) is 87.9 Å². The van der Waals surface area contributed by atoms with Gasteiger partial charge >= 0.3 is 11.9 Å². The number of H-pyrrole nitrogens is 1. The quantitative estimate of drug-likeness (QED) is 0.522. The third-order valence-corrected chi connectivity index (χ3v) is 5.36. The molecule has 3 aromatic rings. The maximum atomic E-state index is 14.7. The van der Waals surface area contributed by atoms with Crippen LogP contribution in [0.1, 0.15) is 41.1 Å². The highest BCUT2D eigenvalue weighted by atomic mass is 35.5. The number of benzene rings is 2. The van der Waals surface area contributed by atoms with E-state index in [1.54, 1.807) is 25.1 Å². The number of aromatic nitrogens is 2. The molecule has 2 aromatic carbocycles. The van der Waals surface area contributed by atoms with Crippen LogP contribution in [0.2, 0.25) is 5.02 Å². The van der Waals surface area contributed by atoms with E-state index in [1.807, 2.05) is 0 Å². The first-order valence-electron chi connectivity index (χ1n) is 9.65. The lowest BCUT2D eigenvalue weighted by atomic mass is 10.1. The fourth-order valence-corrected chi connectivity index (χ4v) is 3.75. The number of ether oxygens (including phenoxy) is 1. The van der Waals surface area contributed by atoms with Crippen molar-refractivity contribution in [1.82, 2.24) is 9.55 Å². The molecule has 1 aromatic heterocycles. The first-order chi connectivity index (χ1) is 15.5. The van der Waals surface area contributed by atoms with Crippen molar-refractivity contribution < 1.29 is 22.3 Å². The summed E-state index contributed by atoms with van der Waals surface area (Å²) >= 11 is 6.15. The van der Waals surface area contributed by atoms with Crippen LogP contribution in [0.15, 0.2) is 39.9 Å². The van der Waals surface area contributed by atoms with Gasteiger partial charge in [-0.05, 0) is 55.0 Å². The highest BCUT2D eigenvalue weighted by Gasteiger charge is 2.33. The van der Waals surface area contributed by atoms with Crippen molar-refractivity contribution >= 4 is 11.6 Å². The number of nitriles is 1. The van der Waals surface area contributed by atoms with E-state index in [0.29, 0.717) is 16.3 Å². The van der Waals surface area contributed by atoms with Crippen LogP contribution in [0.3, 0.4) is 0 Å². The van der Waals surface area contributed by atoms with E-state index in [-0.39, 0.29) is 27.9 Å². The minimum Gasteiger partial charge on any atom is -0.455 e. The van der Waals surface area contributed by atoms with Crippen molar-refractivity contribution in [3.63, 3.8) is 0 Å². The molecule has 1 aliphatic carbocycles. The van der Waals surface area contributed by atoms with Gasteiger partial charge in [-0.2, -0.15) is 18.4 Å². The van der Waals surface area contributed by atoms with Gasteiger partial charge in [0.05, 0.1) is 11.3 Å². The summed E-state index contributed by atoms with van der Waals surface area (Å²) in [4.78, 5) is 26.1. The lowest BCUT2D eigenvalue weighted by molar-refractivity contribution is -0.141. The van der Waals surface area contributed by atoms with Gasteiger partial charge in [0.1, 0.15) is 29.1 Å². The van der Waals surface area contributed by atoms with E-state index >= 15 is 0 Å². The molecule has 1 N–H and O–H groups in total. The Kier molecular flexibility index (Phi) is 5.54. The molecule has 0 radical (unpaired) electrons. The summed E-state index contributed by atoms with van der Waals surface area (Å²) in [5.41, 5.74) is -3.92. The minimum absolute atomic E-state index is 0.147. The molecule has 1 saturated carbocycles. The van der Waals surface area contributed by atoms with E-state index in [4.69, 9.17) is 16.3 Å². The SMILES string of the molecule is Cc1cc(Cl)cc(C2CC2)c1Oc1cc(-n2c(=O)cc(C(F)(F)F)[nH]c2=O)c(F)cc1C#N. The number of hydrogen-bond acceptors (Lipinski definition) is 4. The van der Waals surface area contributed by atoms with Gasteiger partial charge in [0, 0.05) is 17.2 Å². The Morgan fingerprint density at radius 1 is 1.18 bits per heavy atom. The number of aromatic amines is 1. The second-order valence-electron chi connectivity index (χ2n) is 7.59. The second-order valence-corrected chi connectivity index (χ2v) is 8.02. The molecule has 33 heavy (non-hydrogen) atoms. The first kappa shape index (κ1) is 22.6. The number of aryl methyl sites for hydroxylation is 1. The first-order valence-corrected chi connectivity index (χ1v) is 10.0. The Hall–Kier alpha value is -3.58. The number of halogens is 5. The van der Waals surface area contributed by atoms with Gasteiger partial charge in [-0.25, -0.2) is 13.8 Å². The van der Waals surface area contributed by atoms with E-state index < -0.39 is 34.6 Å². The van der Waals surface area contributed by atoms with Gasteiger partial charge in [0.15, 0.2) is 0 Å². The Morgan fingerprint density at radius 2 is 1.88 bits per heavy atom. The number of rotatable bonds is 4. The van der Waals surface area contributed by atoms with Crippen molar-refractivity contribution in [2.45, 2.75) is 31.9 Å². The molecule has 170 valence electrons. The zero-order valence-corrected chi connectivity index (χ0v) is 17.6. The van der Waals surface area contributed by atoms with Gasteiger partial charge in [0.25, 0.3) is 5.56 Å². The van der Waals surface area contributed by atoms with E-state index in [1.165, 1.54) is 4.98 Å². The van der Waals surface area contributed by atoms with Crippen LogP contribution >= 0.6 is 11.6 Å². The number of hydrogen-bond donors (Lipinski definition) is 1. The maximum Gasteiger partial charge on any atom is 0.431 e. The highest BCUT2D eigenvalue weighted by molar-refractivity contribution is 6.30. The Labute approximate surface area is 188 Å². The molecule has 6 nitrogen and oxygen atoms in total. The fourth-order valence-electron chi connectivity index (χ4n) is 3.46. The lowest BCUT2D eigenvalue weighted by Crippen LogP contribution is -2.36. The van der Waals surface area contributed by atoms with Crippen LogP contribution in [-0.4, -0.2) is 9.55 Å². The molecule has 0 saturated heterocycles. The van der Waals surface area contributed by atoms with E-state index in [0.717, 1.165) is 30.5 Å². The Morgan fingerprint density at radius 3 is 2.45 bits per heavy atom. The van der Waals surface area contributed by atoms with Gasteiger partial charge in [0.2, 0.25) is 0 Å². The zero-order chi connectivity index (χ0) is 24.1. The van der Waals surface area contributed by atoms with Crippen LogP contribution in [-0.2, 0) is 6.18 Å². The normalized spacial score (nSPS) is 13.6. The Bertz CT molecular complexity index is 1400. The molecule has 0 atom stereocenters. The number of nitrogens with one attached hydrogen (secondary N) is 1. The predicted molar refractivity (Wildman–Crippen MR) is 111 cm³/mol. The third-order valence-electron chi connectivity index (χ3n) is 5.15. The highest BCUT2D eigenvalue weighted by Crippen LogP contribution is 2.47. The fraction of sp³-hybridized carbons (Fsp3) is 0.227. The molecule has 0 spiro atoms. The molecular weight excluding hydrogens is 466 g/mol. The predicted octanol–water partition coefficient (Wildman–Crippen LogP) is 5.19. The molecule has 1 aliphatic rings. The van der Waals surface area contributed by atoms with Crippen LogP contribution in [0, 0.1) is 24.1 Å². The summed E-state index contributed by atoms with van der Waals surface area (Å²) in [6, 6.07) is 6.97. The van der Waals surface area contributed by atoms with Crippen LogP contribution in [0.4, 0.5) is 17.6 Å². The smallest absolute Gasteiger partial charge is 0.431 e. The molecule has 0 amide bonds. The van der Waals surface area contributed by atoms with Gasteiger partial charge < -0.3 is 9.72 Å². The monoisotopic (exact) mass is 479 g/mol. The van der Waals surface area contributed by atoms with Crippen molar-refractivity contribution in [2.24, 2.45) is 0 Å². The minimum atomic E-state index is -4.97. The van der Waals surface area contributed by atoms with Gasteiger partial charge in [-0.3, -0.25) is 4.79 Å². The largest absolute Gasteiger partial charge is 0.455 e. The molecule has 0 unspecified atom stereocenters. The third kappa shape index (κ3) is 4.36. The maximum absolute atomic E-state index is 14.7. The number of nitrogens with zero attached hydrogens (tertiary/aromatic N) is 2. The molecule has 1 heterocycles. The molecular formula is C22H14ClF4N3O3. The number of alkyl halides is 3. The molecule has 0 aliphatic heterocycles. The average Bonchev–Trinajstić information content (AvgIpc) is 3.55. The van der Waals surface area contributed by atoms with Gasteiger partial charge in [-0.15, -0.1) is 0 Å². The average molecular weight is 480 g/mol. The molecule has 4 rings (SSSR count). The standard InChI is InChI=1S/C22H14ClF4N3O3/c1-10-4-13(23)6-14(11-2-3-11)20(10)33-17-7-16(15(24)5-12(17)9-28)30-19(31)8-18(22(25,26)27)29-21(30)32/h4-8,11H,2-3H2,1H3,(H,29,32). The van der Waals surface area contributed by atoms with E-state index in [2.05, 4.69) is 0 Å². The van der Waals surface area contributed by atoms with Crippen molar-refractivity contribution in [1.29, 1.82) is 5.26 Å². The summed E-state index contributed by atoms with van der Waals surface area (Å²) in [7, 11) is 0. The summed E-state index contributed by atoms with van der Waals surface area (Å²) in [6.07, 6.45) is -3.15. The Balaban J connectivity index is 1.87. The van der Waals surface area contributed by atoms with Crippen molar-refractivity contribution in [3.8, 4) is 23.3 Å². The molecule has 0 bridgehead atoms. The second kappa shape index (κ2) is 8.08. The summed E-state index contributed by atoms with van der Waals surface area (Å²) < 4.78 is 59.5. The molecule has 11 heteroatoms. The van der Waals surface area contributed by atoms with Crippen LogP contribution < -0.4 is 16.0 Å². The van der Waals surface area contributed by atoms with E-state index in [9.17, 15) is 32.4 Å². The summed E-state index contributed by atoms with van der Waals surface area (Å²) in [6.45, 7) is 1.73. The van der Waals surface area contributed by atoms with Crippen LogP contribution in [0.25, 0.3) is 5.69 Å². The lowest BCUT2D eigenvalue weighted by Gasteiger charge is -2.17. The zero-order valence-electron chi connectivity index (χ0n) is 16.9. The van der Waals surface area contributed by atoms with Crippen LogP contribution in [0.5, 0.6) is 11.5 Å². The van der Waals surface area contributed by atoms with Crippen molar-refractivity contribution in [3.05, 3.63) is 84.4 Å². The summed E-state index contributed by atoms with van der Waals surface area (Å²) in [5.74, 6) is -0.748. The molecule has 1 fully saturated rings. The summed E-state index contributed by atoms with van der Waals surface area (Å²) in [5, 5.41) is 9.93. The van der Waals surface area contributed by atoms with Gasteiger partial charge in [-0.1, -0.05) is 11.6 Å². The van der Waals surface area contributed by atoms with Crippen molar-refractivity contribution in [2.75, 3.05) is 0 Å².